The Labute approximate surface area is 162 Å². The third-order valence-electron chi connectivity index (χ3n) is 3.55. The molecule has 5 nitrogen and oxygen atoms in total. The molecule has 0 N–H and O–H groups in total. The number of alkyl halides is 3. The van der Waals surface area contributed by atoms with Crippen molar-refractivity contribution in [2.45, 2.75) is 11.1 Å². The smallest absolute Gasteiger partial charge is 0.224 e. The van der Waals surface area contributed by atoms with Crippen LogP contribution in [0.1, 0.15) is 5.82 Å². The number of hydrogen-bond acceptors (Lipinski definition) is 4. The lowest BCUT2D eigenvalue weighted by Gasteiger charge is -2.07. The highest BCUT2D eigenvalue weighted by Crippen LogP contribution is 2.33. The molecule has 0 amide bonds. The number of halogens is 5. The van der Waals surface area contributed by atoms with Crippen molar-refractivity contribution in [1.29, 1.82) is 0 Å². The summed E-state index contributed by atoms with van der Waals surface area (Å²) in [7, 11) is -3.45. The lowest BCUT2D eigenvalue weighted by Crippen LogP contribution is -2.08. The van der Waals surface area contributed by atoms with Crippen molar-refractivity contribution in [3.8, 4) is 17.1 Å². The van der Waals surface area contributed by atoms with E-state index >= 15 is 0 Å². The normalized spacial score (nSPS) is 12.4. The number of rotatable bonds is 3. The van der Waals surface area contributed by atoms with Gasteiger partial charge in [-0.15, -0.1) is 5.10 Å². The average molecular weight is 436 g/mol. The van der Waals surface area contributed by atoms with Crippen molar-refractivity contribution in [1.82, 2.24) is 14.8 Å². The minimum atomic E-state index is -4.76. The summed E-state index contributed by atoms with van der Waals surface area (Å²) >= 11 is 11.8. The maximum Gasteiger partial charge on any atom is 0.453 e. The lowest BCUT2D eigenvalue weighted by molar-refractivity contribution is -0.144. The largest absolute Gasteiger partial charge is 0.453 e. The first-order valence-corrected chi connectivity index (χ1v) is 9.92. The van der Waals surface area contributed by atoms with Gasteiger partial charge in [0.15, 0.2) is 15.7 Å². The highest BCUT2D eigenvalue weighted by molar-refractivity contribution is 7.90. The van der Waals surface area contributed by atoms with E-state index in [-0.39, 0.29) is 32.0 Å². The molecule has 11 heteroatoms. The van der Waals surface area contributed by atoms with Crippen molar-refractivity contribution in [2.24, 2.45) is 0 Å². The first-order valence-electron chi connectivity index (χ1n) is 7.27. The van der Waals surface area contributed by atoms with E-state index in [4.69, 9.17) is 23.2 Å². The van der Waals surface area contributed by atoms with Crippen LogP contribution in [0.5, 0.6) is 0 Å². The van der Waals surface area contributed by atoms with E-state index in [1.807, 2.05) is 0 Å². The summed E-state index contributed by atoms with van der Waals surface area (Å²) in [6.45, 7) is 0. The number of hydrogen-bond donors (Lipinski definition) is 0. The Morgan fingerprint density at radius 2 is 1.63 bits per heavy atom. The quantitative estimate of drug-likeness (QED) is 0.599. The van der Waals surface area contributed by atoms with Gasteiger partial charge in [-0.1, -0.05) is 23.2 Å². The van der Waals surface area contributed by atoms with Gasteiger partial charge in [0.2, 0.25) is 0 Å². The molecule has 0 atom stereocenters. The molecule has 0 radical (unpaired) electrons. The average Bonchev–Trinajstić information content (AvgIpc) is 3.02. The maximum atomic E-state index is 13.1. The standard InChI is InChI=1S/C16H10Cl2F3N3O2S/c1-27(25,26)11-5-3-10(4-6-11)24-14(22-15(23-24)16(19,20)21)9-2-7-12(17)13(18)8-9/h2-8H,1H3. The van der Waals surface area contributed by atoms with E-state index < -0.39 is 21.8 Å². The fraction of sp³-hybridized carbons (Fsp3) is 0.125. The van der Waals surface area contributed by atoms with Crippen LogP contribution in [0.3, 0.4) is 0 Å². The molecule has 0 saturated carbocycles. The number of sulfone groups is 1. The second-order valence-corrected chi connectivity index (χ2v) is 8.39. The van der Waals surface area contributed by atoms with Crippen LogP contribution in [-0.2, 0) is 16.0 Å². The summed E-state index contributed by atoms with van der Waals surface area (Å²) in [5, 5.41) is 3.91. The lowest BCUT2D eigenvalue weighted by atomic mass is 10.2. The van der Waals surface area contributed by atoms with Gasteiger partial charge in [0, 0.05) is 11.8 Å². The number of nitrogens with zero attached hydrogens (tertiary/aromatic N) is 3. The maximum absolute atomic E-state index is 13.1. The summed E-state index contributed by atoms with van der Waals surface area (Å²) in [4.78, 5) is 3.60. The Hall–Kier alpha value is -2.10. The third-order valence-corrected chi connectivity index (χ3v) is 5.42. The molecule has 1 heterocycles. The van der Waals surface area contributed by atoms with E-state index in [2.05, 4.69) is 10.1 Å². The van der Waals surface area contributed by atoms with Gasteiger partial charge in [-0.05, 0) is 42.5 Å². The molecule has 0 aliphatic carbocycles. The molecule has 0 bridgehead atoms. The SMILES string of the molecule is CS(=O)(=O)c1ccc(-n2nc(C(F)(F)F)nc2-c2ccc(Cl)c(Cl)c2)cc1. The molecule has 2 aromatic carbocycles. The molecule has 0 aliphatic heterocycles. The summed E-state index contributed by atoms with van der Waals surface area (Å²) in [6, 6.07) is 9.49. The number of benzene rings is 2. The Morgan fingerprint density at radius 3 is 2.15 bits per heavy atom. The predicted molar refractivity (Wildman–Crippen MR) is 94.9 cm³/mol. The first-order chi connectivity index (χ1) is 12.5. The van der Waals surface area contributed by atoms with Gasteiger partial charge in [-0.3, -0.25) is 0 Å². The molecule has 0 fully saturated rings. The first kappa shape index (κ1) is 19.7. The zero-order chi connectivity index (χ0) is 20.0. The van der Waals surface area contributed by atoms with Crippen molar-refractivity contribution in [2.75, 3.05) is 6.26 Å². The van der Waals surface area contributed by atoms with E-state index in [1.54, 1.807) is 0 Å². The van der Waals surface area contributed by atoms with Crippen LogP contribution in [0.25, 0.3) is 17.1 Å². The van der Waals surface area contributed by atoms with Gasteiger partial charge in [-0.2, -0.15) is 13.2 Å². The Balaban J connectivity index is 2.19. The zero-order valence-electron chi connectivity index (χ0n) is 13.5. The van der Waals surface area contributed by atoms with Crippen molar-refractivity contribution >= 4 is 33.0 Å². The molecule has 142 valence electrons. The molecule has 1 aromatic heterocycles. The van der Waals surface area contributed by atoms with E-state index in [0.717, 1.165) is 10.9 Å². The van der Waals surface area contributed by atoms with Gasteiger partial charge >= 0.3 is 6.18 Å². The van der Waals surface area contributed by atoms with Crippen LogP contribution < -0.4 is 0 Å². The monoisotopic (exact) mass is 435 g/mol. The zero-order valence-corrected chi connectivity index (χ0v) is 15.8. The van der Waals surface area contributed by atoms with Gasteiger partial charge in [0.1, 0.15) is 0 Å². The Kier molecular flexibility index (Phi) is 4.96. The van der Waals surface area contributed by atoms with Crippen molar-refractivity contribution in [3.63, 3.8) is 0 Å². The summed E-state index contributed by atoms with van der Waals surface area (Å²) in [5.41, 5.74) is 0.464. The third kappa shape index (κ3) is 4.10. The highest BCUT2D eigenvalue weighted by atomic mass is 35.5. The Bertz CT molecular complexity index is 1110. The van der Waals surface area contributed by atoms with Gasteiger partial charge in [0.25, 0.3) is 5.82 Å². The fourth-order valence-corrected chi connectivity index (χ4v) is 3.20. The van der Waals surface area contributed by atoms with Crippen molar-refractivity contribution < 1.29 is 21.6 Å². The second kappa shape index (κ2) is 6.81. The van der Waals surface area contributed by atoms with E-state index in [0.29, 0.717) is 0 Å². The van der Waals surface area contributed by atoms with Crippen LogP contribution in [0.15, 0.2) is 47.4 Å². The molecular formula is C16H10Cl2F3N3O2S. The molecule has 0 unspecified atom stereocenters. The molecular weight excluding hydrogens is 426 g/mol. The molecule has 0 aliphatic rings. The van der Waals surface area contributed by atoms with Gasteiger partial charge in [0.05, 0.1) is 20.6 Å². The van der Waals surface area contributed by atoms with Gasteiger partial charge < -0.3 is 0 Å². The predicted octanol–water partition coefficient (Wildman–Crippen LogP) is 4.66. The summed E-state index contributed by atoms with van der Waals surface area (Å²) in [5.74, 6) is -1.45. The van der Waals surface area contributed by atoms with Crippen LogP contribution in [0.4, 0.5) is 13.2 Å². The van der Waals surface area contributed by atoms with Crippen LogP contribution in [0.2, 0.25) is 10.0 Å². The van der Waals surface area contributed by atoms with Crippen LogP contribution >= 0.6 is 23.2 Å². The van der Waals surface area contributed by atoms with Crippen LogP contribution in [0, 0.1) is 0 Å². The molecule has 0 saturated heterocycles. The van der Waals surface area contributed by atoms with Gasteiger partial charge in [-0.25, -0.2) is 18.1 Å². The van der Waals surface area contributed by atoms with Crippen LogP contribution in [-0.4, -0.2) is 29.4 Å². The number of aromatic nitrogens is 3. The molecule has 3 aromatic rings. The second-order valence-electron chi connectivity index (χ2n) is 5.56. The summed E-state index contributed by atoms with van der Waals surface area (Å²) < 4.78 is 63.4. The molecule has 27 heavy (non-hydrogen) atoms. The molecule has 3 rings (SSSR count). The molecule has 0 spiro atoms. The van der Waals surface area contributed by atoms with E-state index in [1.165, 1.54) is 42.5 Å². The summed E-state index contributed by atoms with van der Waals surface area (Å²) in [6.07, 6.45) is -3.73. The highest BCUT2D eigenvalue weighted by Gasteiger charge is 2.37. The topological polar surface area (TPSA) is 64.8 Å². The van der Waals surface area contributed by atoms with Crippen molar-refractivity contribution in [3.05, 3.63) is 58.3 Å². The Morgan fingerprint density at radius 1 is 1.00 bits per heavy atom. The minimum Gasteiger partial charge on any atom is -0.224 e. The minimum absolute atomic E-state index is 0.0264. The fourth-order valence-electron chi connectivity index (χ4n) is 2.27. The van der Waals surface area contributed by atoms with E-state index in [9.17, 15) is 21.6 Å².